The van der Waals surface area contributed by atoms with Crippen LogP contribution < -0.4 is 10.2 Å². The van der Waals surface area contributed by atoms with Crippen molar-refractivity contribution in [3.05, 3.63) is 65.7 Å². The summed E-state index contributed by atoms with van der Waals surface area (Å²) in [5.74, 6) is 0.920. The summed E-state index contributed by atoms with van der Waals surface area (Å²) in [4.78, 5) is 8.63. The molecule has 0 bridgehead atoms. The van der Waals surface area contributed by atoms with Crippen molar-refractivity contribution in [3.8, 4) is 0 Å². The Morgan fingerprint density at radius 1 is 0.920 bits per heavy atom. The lowest BCUT2D eigenvalue weighted by Gasteiger charge is -2.22. The van der Waals surface area contributed by atoms with E-state index in [4.69, 9.17) is 0 Å². The van der Waals surface area contributed by atoms with Crippen molar-refractivity contribution in [2.24, 2.45) is 4.99 Å². The number of hydrogen-bond acceptors (Lipinski definition) is 2. The molecule has 0 saturated heterocycles. The Bertz CT molecular complexity index is 639. The van der Waals surface area contributed by atoms with Crippen LogP contribution in [-0.2, 0) is 13.0 Å². The Kier molecular flexibility index (Phi) is 9.34. The molecule has 0 radical (unpaired) electrons. The molecule has 0 aliphatic carbocycles. The summed E-state index contributed by atoms with van der Waals surface area (Å²) in [5.41, 5.74) is 3.83. The molecule has 0 aliphatic rings. The molecule has 5 heteroatoms. The second-order valence-corrected chi connectivity index (χ2v) is 6.13. The highest BCUT2D eigenvalue weighted by atomic mass is 127. The van der Waals surface area contributed by atoms with Gasteiger partial charge in [0.15, 0.2) is 5.96 Å². The van der Waals surface area contributed by atoms with Crippen molar-refractivity contribution in [2.45, 2.75) is 13.0 Å². The second kappa shape index (κ2) is 11.0. The maximum Gasteiger partial charge on any atom is 0.193 e. The lowest BCUT2D eigenvalue weighted by molar-refractivity contribution is 0.477. The quantitative estimate of drug-likeness (QED) is 0.413. The van der Waals surface area contributed by atoms with Gasteiger partial charge < -0.3 is 15.1 Å². The minimum absolute atomic E-state index is 0. The van der Waals surface area contributed by atoms with Crippen LogP contribution >= 0.6 is 24.0 Å². The lowest BCUT2D eigenvalue weighted by Crippen LogP contribution is -2.39. The van der Waals surface area contributed by atoms with E-state index in [-0.39, 0.29) is 24.0 Å². The topological polar surface area (TPSA) is 30.9 Å². The van der Waals surface area contributed by atoms with E-state index in [0.29, 0.717) is 0 Å². The average molecular weight is 452 g/mol. The molecule has 1 N–H and O–H groups in total. The van der Waals surface area contributed by atoms with Gasteiger partial charge in [-0.25, -0.2) is 0 Å². The highest BCUT2D eigenvalue weighted by Crippen LogP contribution is 2.12. The van der Waals surface area contributed by atoms with Gasteiger partial charge >= 0.3 is 0 Å². The number of nitrogens with one attached hydrogen (secondary N) is 1. The molecule has 0 amide bonds. The predicted octanol–water partition coefficient (Wildman–Crippen LogP) is 3.62. The van der Waals surface area contributed by atoms with Gasteiger partial charge in [-0.05, 0) is 29.7 Å². The minimum atomic E-state index is 0. The molecular formula is C20H29IN4. The summed E-state index contributed by atoms with van der Waals surface area (Å²) in [6.07, 6.45) is 0.978. The molecule has 0 spiro atoms. The number of nitrogens with zero attached hydrogens (tertiary/aromatic N) is 3. The lowest BCUT2D eigenvalue weighted by atomic mass is 10.1. The van der Waals surface area contributed by atoms with Gasteiger partial charge in [0.25, 0.3) is 0 Å². The average Bonchev–Trinajstić information content (AvgIpc) is 2.60. The van der Waals surface area contributed by atoms with Crippen LogP contribution in [0, 0.1) is 0 Å². The van der Waals surface area contributed by atoms with E-state index in [9.17, 15) is 0 Å². The van der Waals surface area contributed by atoms with Gasteiger partial charge in [0, 0.05) is 47.0 Å². The van der Waals surface area contributed by atoms with Gasteiger partial charge in [0.05, 0.1) is 0 Å². The van der Waals surface area contributed by atoms with Gasteiger partial charge in [0.2, 0.25) is 0 Å². The van der Waals surface area contributed by atoms with Gasteiger partial charge in [0.1, 0.15) is 0 Å². The van der Waals surface area contributed by atoms with Crippen LogP contribution in [0.25, 0.3) is 0 Å². The van der Waals surface area contributed by atoms with Gasteiger partial charge in [-0.3, -0.25) is 4.99 Å². The van der Waals surface area contributed by atoms with Crippen LogP contribution in [0.4, 0.5) is 5.69 Å². The van der Waals surface area contributed by atoms with Crippen molar-refractivity contribution in [1.82, 2.24) is 10.2 Å². The number of rotatable bonds is 6. The fourth-order valence-corrected chi connectivity index (χ4v) is 2.60. The maximum atomic E-state index is 4.38. The van der Waals surface area contributed by atoms with Crippen molar-refractivity contribution in [1.29, 1.82) is 0 Å². The molecule has 2 aromatic carbocycles. The van der Waals surface area contributed by atoms with E-state index < -0.39 is 0 Å². The molecule has 136 valence electrons. The number of halogens is 1. The number of anilines is 1. The van der Waals surface area contributed by atoms with E-state index >= 15 is 0 Å². The molecular weight excluding hydrogens is 423 g/mol. The van der Waals surface area contributed by atoms with Crippen molar-refractivity contribution in [2.75, 3.05) is 39.6 Å². The third-order valence-electron chi connectivity index (χ3n) is 3.99. The fourth-order valence-electron chi connectivity index (χ4n) is 2.60. The summed E-state index contributed by atoms with van der Waals surface area (Å²) in [5, 5.41) is 3.44. The zero-order valence-corrected chi connectivity index (χ0v) is 17.9. The Labute approximate surface area is 169 Å². The van der Waals surface area contributed by atoms with E-state index in [1.54, 1.807) is 0 Å². The standard InChI is InChI=1S/C20H28N4.HI/c1-21-20(24(4)16-18-8-6-5-7-9-18)22-15-14-17-10-12-19(13-11-17)23(2)3;/h5-13H,14-16H2,1-4H3,(H,21,22);1H. The van der Waals surface area contributed by atoms with Crippen LogP contribution in [0.1, 0.15) is 11.1 Å². The van der Waals surface area contributed by atoms with Gasteiger partial charge in [-0.1, -0.05) is 42.5 Å². The number of aliphatic imine (C=N–C) groups is 1. The minimum Gasteiger partial charge on any atom is -0.378 e. The third kappa shape index (κ3) is 6.94. The molecule has 4 nitrogen and oxygen atoms in total. The van der Waals surface area contributed by atoms with Crippen LogP contribution in [0.3, 0.4) is 0 Å². The molecule has 2 rings (SSSR count). The number of benzene rings is 2. The molecule has 25 heavy (non-hydrogen) atoms. The first-order valence-electron chi connectivity index (χ1n) is 8.32. The Morgan fingerprint density at radius 2 is 1.56 bits per heavy atom. The van der Waals surface area contributed by atoms with E-state index in [1.807, 2.05) is 13.1 Å². The van der Waals surface area contributed by atoms with Crippen LogP contribution in [-0.4, -0.2) is 45.6 Å². The molecule has 0 unspecified atom stereocenters. The zero-order valence-electron chi connectivity index (χ0n) is 15.6. The second-order valence-electron chi connectivity index (χ2n) is 6.13. The molecule has 0 atom stereocenters. The van der Waals surface area contributed by atoms with Crippen LogP contribution in [0.15, 0.2) is 59.6 Å². The summed E-state index contributed by atoms with van der Waals surface area (Å²) < 4.78 is 0. The number of hydrogen-bond donors (Lipinski definition) is 1. The molecule has 0 aromatic heterocycles. The van der Waals surface area contributed by atoms with E-state index in [1.165, 1.54) is 16.8 Å². The fraction of sp³-hybridized carbons (Fsp3) is 0.350. The van der Waals surface area contributed by atoms with Gasteiger partial charge in [-0.15, -0.1) is 24.0 Å². The normalized spacial score (nSPS) is 10.8. The molecule has 0 heterocycles. The molecule has 0 fully saturated rings. The molecule has 0 aliphatic heterocycles. The Hall–Kier alpha value is -1.76. The summed E-state index contributed by atoms with van der Waals surface area (Å²) in [6, 6.07) is 19.1. The number of guanidine groups is 1. The Balaban J connectivity index is 0.00000312. The van der Waals surface area contributed by atoms with Crippen molar-refractivity contribution < 1.29 is 0 Å². The zero-order chi connectivity index (χ0) is 17.4. The summed E-state index contributed by atoms with van der Waals surface area (Å²) in [7, 11) is 8.01. The largest absolute Gasteiger partial charge is 0.378 e. The maximum absolute atomic E-state index is 4.38. The Morgan fingerprint density at radius 3 is 2.12 bits per heavy atom. The monoisotopic (exact) mass is 452 g/mol. The van der Waals surface area contributed by atoms with E-state index in [0.717, 1.165) is 25.5 Å². The van der Waals surface area contributed by atoms with Crippen molar-refractivity contribution in [3.63, 3.8) is 0 Å². The highest BCUT2D eigenvalue weighted by Gasteiger charge is 2.06. The summed E-state index contributed by atoms with van der Waals surface area (Å²) >= 11 is 0. The highest BCUT2D eigenvalue weighted by molar-refractivity contribution is 14.0. The predicted molar refractivity (Wildman–Crippen MR) is 119 cm³/mol. The molecule has 0 saturated carbocycles. The van der Waals surface area contributed by atoms with Gasteiger partial charge in [-0.2, -0.15) is 0 Å². The SMILES string of the molecule is CN=C(NCCc1ccc(N(C)C)cc1)N(C)Cc1ccccc1.I. The first-order chi connectivity index (χ1) is 11.6. The molecule has 2 aromatic rings. The van der Waals surface area contributed by atoms with Crippen LogP contribution in [0.2, 0.25) is 0 Å². The third-order valence-corrected chi connectivity index (χ3v) is 3.99. The first-order valence-corrected chi connectivity index (χ1v) is 8.32. The van der Waals surface area contributed by atoms with Crippen LogP contribution in [0.5, 0.6) is 0 Å². The smallest absolute Gasteiger partial charge is 0.193 e. The first kappa shape index (κ1) is 21.3. The summed E-state index contributed by atoms with van der Waals surface area (Å²) in [6.45, 7) is 1.71. The van der Waals surface area contributed by atoms with Crippen molar-refractivity contribution >= 4 is 35.6 Å². The van der Waals surface area contributed by atoms with E-state index in [2.05, 4.69) is 89.8 Å².